The van der Waals surface area contributed by atoms with Gasteiger partial charge in [0, 0.05) is 36.4 Å². The van der Waals surface area contributed by atoms with Crippen molar-refractivity contribution in [2.45, 2.75) is 19.5 Å². The molecule has 0 radical (unpaired) electrons. The minimum atomic E-state index is -0.0195. The van der Waals surface area contributed by atoms with Crippen LogP contribution in [0.3, 0.4) is 0 Å². The van der Waals surface area contributed by atoms with Gasteiger partial charge in [0.2, 0.25) is 5.91 Å². The Kier molecular flexibility index (Phi) is 6.95. The van der Waals surface area contributed by atoms with Crippen LogP contribution in [0.2, 0.25) is 10.0 Å². The van der Waals surface area contributed by atoms with Crippen molar-refractivity contribution >= 4 is 29.1 Å². The van der Waals surface area contributed by atoms with Gasteiger partial charge >= 0.3 is 0 Å². The zero-order valence-electron chi connectivity index (χ0n) is 15.5. The maximum Gasteiger partial charge on any atom is 0.226 e. The first kappa shape index (κ1) is 20.2. The number of carbonyl (C=O) groups is 1. The Morgan fingerprint density at radius 2 is 1.93 bits per heavy atom. The van der Waals surface area contributed by atoms with E-state index >= 15 is 0 Å². The number of ether oxygens (including phenoxy) is 1. The molecule has 146 valence electrons. The number of hydrogen-bond acceptors (Lipinski definition) is 3. The van der Waals surface area contributed by atoms with Gasteiger partial charge < -0.3 is 9.64 Å². The molecule has 0 aliphatic rings. The molecule has 0 fully saturated rings. The second-order valence-corrected chi connectivity index (χ2v) is 7.30. The maximum absolute atomic E-state index is 12.3. The summed E-state index contributed by atoms with van der Waals surface area (Å²) in [5.41, 5.74) is 2.16. The van der Waals surface area contributed by atoms with Crippen LogP contribution in [0, 0.1) is 0 Å². The van der Waals surface area contributed by atoms with Crippen molar-refractivity contribution in [2.24, 2.45) is 0 Å². The minimum absolute atomic E-state index is 0.0195. The van der Waals surface area contributed by atoms with E-state index in [0.29, 0.717) is 28.9 Å². The molecule has 3 aromatic rings. The normalized spacial score (nSPS) is 10.7. The zero-order chi connectivity index (χ0) is 19.9. The van der Waals surface area contributed by atoms with Gasteiger partial charge in [-0.2, -0.15) is 5.10 Å². The van der Waals surface area contributed by atoms with Gasteiger partial charge in [0.1, 0.15) is 5.75 Å². The topological polar surface area (TPSA) is 47.4 Å². The largest absolute Gasteiger partial charge is 0.491 e. The number of nitrogens with zero attached hydrogens (tertiary/aromatic N) is 3. The molecular formula is C21H21Cl2N3O2. The summed E-state index contributed by atoms with van der Waals surface area (Å²) in [7, 11) is 1.77. The van der Waals surface area contributed by atoms with E-state index in [0.717, 1.165) is 5.56 Å². The lowest BCUT2D eigenvalue weighted by atomic mass is 10.2. The molecule has 3 rings (SSSR count). The Bertz CT molecular complexity index is 928. The molecule has 1 aromatic heterocycles. The first-order chi connectivity index (χ1) is 13.5. The Morgan fingerprint density at radius 1 is 1.14 bits per heavy atom. The van der Waals surface area contributed by atoms with E-state index in [1.807, 2.05) is 29.1 Å². The van der Waals surface area contributed by atoms with Crippen LogP contribution in [0.5, 0.6) is 5.75 Å². The van der Waals surface area contributed by atoms with Crippen molar-refractivity contribution in [1.82, 2.24) is 14.7 Å². The van der Waals surface area contributed by atoms with Crippen LogP contribution in [0.25, 0.3) is 0 Å². The molecule has 7 heteroatoms. The molecule has 0 N–H and O–H groups in total. The second-order valence-electron chi connectivity index (χ2n) is 6.45. The molecule has 0 aliphatic carbocycles. The molecule has 1 heterocycles. The van der Waals surface area contributed by atoms with Crippen molar-refractivity contribution in [2.75, 3.05) is 13.7 Å². The molecular weight excluding hydrogens is 397 g/mol. The summed E-state index contributed by atoms with van der Waals surface area (Å²) in [6.45, 7) is 1.43. The zero-order valence-corrected chi connectivity index (χ0v) is 17.0. The summed E-state index contributed by atoms with van der Waals surface area (Å²) < 4.78 is 7.45. The van der Waals surface area contributed by atoms with Gasteiger partial charge in [-0.25, -0.2) is 0 Å². The molecule has 0 spiro atoms. The second kappa shape index (κ2) is 9.62. The lowest BCUT2D eigenvalue weighted by Gasteiger charge is -2.16. The molecule has 2 aromatic carbocycles. The highest BCUT2D eigenvalue weighted by molar-refractivity contribution is 6.34. The molecule has 0 atom stereocenters. The monoisotopic (exact) mass is 417 g/mol. The van der Waals surface area contributed by atoms with Gasteiger partial charge in [-0.15, -0.1) is 0 Å². The molecule has 28 heavy (non-hydrogen) atoms. The summed E-state index contributed by atoms with van der Waals surface area (Å²) >= 11 is 12.0. The summed E-state index contributed by atoms with van der Waals surface area (Å²) in [6, 6.07) is 15.1. The van der Waals surface area contributed by atoms with E-state index in [2.05, 4.69) is 17.2 Å². The summed E-state index contributed by atoms with van der Waals surface area (Å²) in [5.74, 6) is 0.459. The number of amides is 1. The van der Waals surface area contributed by atoms with Gasteiger partial charge in [-0.1, -0.05) is 53.5 Å². The fourth-order valence-electron chi connectivity index (χ4n) is 2.73. The third-order valence-corrected chi connectivity index (χ3v) is 4.73. The van der Waals surface area contributed by atoms with Crippen molar-refractivity contribution < 1.29 is 9.53 Å². The minimum Gasteiger partial charge on any atom is -0.491 e. The molecule has 0 bridgehead atoms. The van der Waals surface area contributed by atoms with E-state index in [9.17, 15) is 4.79 Å². The first-order valence-corrected chi connectivity index (χ1v) is 9.64. The van der Waals surface area contributed by atoms with Crippen LogP contribution in [0.4, 0.5) is 0 Å². The number of benzene rings is 2. The van der Waals surface area contributed by atoms with Crippen LogP contribution in [0.15, 0.2) is 60.9 Å². The smallest absolute Gasteiger partial charge is 0.226 e. The highest BCUT2D eigenvalue weighted by Crippen LogP contribution is 2.27. The third kappa shape index (κ3) is 5.75. The Labute approximate surface area is 174 Å². The maximum atomic E-state index is 12.3. The average Bonchev–Trinajstić information content (AvgIpc) is 3.12. The fraction of sp³-hybridized carbons (Fsp3) is 0.238. The van der Waals surface area contributed by atoms with Crippen molar-refractivity contribution in [3.8, 4) is 5.75 Å². The van der Waals surface area contributed by atoms with Crippen molar-refractivity contribution in [3.63, 3.8) is 0 Å². The highest BCUT2D eigenvalue weighted by atomic mass is 35.5. The Balaban J connectivity index is 1.47. The predicted molar refractivity (Wildman–Crippen MR) is 111 cm³/mol. The van der Waals surface area contributed by atoms with Crippen LogP contribution < -0.4 is 4.74 Å². The number of carbonyl (C=O) groups excluding carboxylic acids is 1. The lowest BCUT2D eigenvalue weighted by molar-refractivity contribution is -0.130. The number of hydrogen-bond donors (Lipinski definition) is 0. The molecule has 0 saturated heterocycles. The van der Waals surface area contributed by atoms with E-state index in [1.54, 1.807) is 36.3 Å². The Morgan fingerprint density at radius 3 is 2.71 bits per heavy atom. The first-order valence-electron chi connectivity index (χ1n) is 8.88. The lowest BCUT2D eigenvalue weighted by Crippen LogP contribution is -2.27. The van der Waals surface area contributed by atoms with Gasteiger partial charge in [-0.05, 0) is 17.7 Å². The van der Waals surface area contributed by atoms with Gasteiger partial charge in [0.15, 0.2) is 0 Å². The number of aromatic nitrogens is 2. The summed E-state index contributed by atoms with van der Waals surface area (Å²) in [6.07, 6.45) is 3.99. The fourth-order valence-corrected chi connectivity index (χ4v) is 3.07. The molecule has 5 nitrogen and oxygen atoms in total. The summed E-state index contributed by atoms with van der Waals surface area (Å²) in [5, 5.41) is 5.38. The van der Waals surface area contributed by atoms with Gasteiger partial charge in [-0.3, -0.25) is 9.48 Å². The quantitative estimate of drug-likeness (QED) is 0.535. The van der Waals surface area contributed by atoms with Gasteiger partial charge in [0.25, 0.3) is 0 Å². The van der Waals surface area contributed by atoms with Crippen LogP contribution in [-0.4, -0.2) is 34.2 Å². The van der Waals surface area contributed by atoms with Crippen LogP contribution in [-0.2, 0) is 17.9 Å². The highest BCUT2D eigenvalue weighted by Gasteiger charge is 2.12. The van der Waals surface area contributed by atoms with E-state index in [4.69, 9.17) is 27.9 Å². The van der Waals surface area contributed by atoms with Crippen molar-refractivity contribution in [1.29, 1.82) is 0 Å². The number of rotatable bonds is 8. The molecule has 1 amide bonds. The van der Waals surface area contributed by atoms with Crippen LogP contribution in [0.1, 0.15) is 17.5 Å². The van der Waals surface area contributed by atoms with E-state index in [1.165, 1.54) is 5.56 Å². The number of halogens is 2. The van der Waals surface area contributed by atoms with E-state index in [-0.39, 0.29) is 18.9 Å². The molecule has 0 aliphatic heterocycles. The van der Waals surface area contributed by atoms with Crippen LogP contribution >= 0.6 is 23.2 Å². The van der Waals surface area contributed by atoms with E-state index < -0.39 is 0 Å². The SMILES string of the molecule is CN(Cc1cnn(Cc2ccccc2)c1)C(=O)CCOc1cc(Cl)ccc1Cl. The Hall–Kier alpha value is -2.50. The standard InChI is InChI=1S/C21H21Cl2N3O2/c1-25(21(27)9-10-28-20-11-18(22)7-8-19(20)23)13-17-12-24-26(15-17)14-16-5-3-2-4-6-16/h2-8,11-12,15H,9-10,13-14H2,1H3. The molecule has 0 saturated carbocycles. The summed E-state index contributed by atoms with van der Waals surface area (Å²) in [4.78, 5) is 14.0. The van der Waals surface area contributed by atoms with Crippen molar-refractivity contribution in [3.05, 3.63) is 82.1 Å². The predicted octanol–water partition coefficient (Wildman–Crippen LogP) is 4.67. The van der Waals surface area contributed by atoms with Gasteiger partial charge in [0.05, 0.1) is 30.8 Å². The average molecular weight is 418 g/mol. The molecule has 0 unspecified atom stereocenters. The third-order valence-electron chi connectivity index (χ3n) is 4.19.